The number of carboxylic acid groups (broad SMARTS) is 1. The predicted molar refractivity (Wildman–Crippen MR) is 72.8 cm³/mol. The van der Waals surface area contributed by atoms with Gasteiger partial charge in [-0.15, -0.1) is 0 Å². The van der Waals surface area contributed by atoms with E-state index in [4.69, 9.17) is 23.2 Å². The zero-order valence-corrected chi connectivity index (χ0v) is 11.6. The number of hydrogen-bond donors (Lipinski definition) is 2. The van der Waals surface area contributed by atoms with Crippen molar-refractivity contribution in [1.29, 1.82) is 0 Å². The Kier molecular flexibility index (Phi) is 4.02. The van der Waals surface area contributed by atoms with Crippen LogP contribution in [-0.4, -0.2) is 22.5 Å². The zero-order chi connectivity index (χ0) is 14.0. The predicted octanol–water partition coefficient (Wildman–Crippen LogP) is 3.12. The number of amides is 1. The summed E-state index contributed by atoms with van der Waals surface area (Å²) in [6.45, 7) is 0. The van der Waals surface area contributed by atoms with Crippen LogP contribution in [0.3, 0.4) is 0 Å². The lowest BCUT2D eigenvalue weighted by atomic mass is 9.97. The molecule has 1 amide bonds. The average Bonchev–Trinajstić information content (AvgIpc) is 2.82. The van der Waals surface area contributed by atoms with Gasteiger partial charge in [-0.2, -0.15) is 0 Å². The van der Waals surface area contributed by atoms with Gasteiger partial charge in [-0.1, -0.05) is 36.0 Å². The number of rotatable bonds is 3. The lowest BCUT2D eigenvalue weighted by Crippen LogP contribution is -2.52. The highest BCUT2D eigenvalue weighted by Crippen LogP contribution is 2.30. The van der Waals surface area contributed by atoms with Gasteiger partial charge in [0.1, 0.15) is 5.54 Å². The number of halogens is 2. The highest BCUT2D eigenvalue weighted by molar-refractivity contribution is 6.42. The molecule has 2 rings (SSSR count). The van der Waals surface area contributed by atoms with Crippen LogP contribution in [0, 0.1) is 0 Å². The normalized spacial score (nSPS) is 17.2. The largest absolute Gasteiger partial charge is 0.480 e. The maximum Gasteiger partial charge on any atom is 0.329 e. The van der Waals surface area contributed by atoms with Crippen LogP contribution < -0.4 is 5.32 Å². The van der Waals surface area contributed by atoms with Gasteiger partial charge in [-0.05, 0) is 31.0 Å². The molecule has 0 aromatic heterocycles. The highest BCUT2D eigenvalue weighted by atomic mass is 35.5. The molecule has 6 heteroatoms. The van der Waals surface area contributed by atoms with Gasteiger partial charge < -0.3 is 10.4 Å². The Bertz CT molecular complexity index is 525. The van der Waals surface area contributed by atoms with E-state index in [9.17, 15) is 14.7 Å². The third kappa shape index (κ3) is 2.85. The van der Waals surface area contributed by atoms with Gasteiger partial charge in [0.25, 0.3) is 5.91 Å². The van der Waals surface area contributed by atoms with Crippen molar-refractivity contribution >= 4 is 35.1 Å². The van der Waals surface area contributed by atoms with Crippen molar-refractivity contribution in [2.24, 2.45) is 0 Å². The van der Waals surface area contributed by atoms with E-state index in [0.29, 0.717) is 23.4 Å². The molecule has 0 atom stereocenters. The fraction of sp³-hybridized carbons (Fsp3) is 0.385. The van der Waals surface area contributed by atoms with E-state index in [1.807, 2.05) is 0 Å². The van der Waals surface area contributed by atoms with Gasteiger partial charge in [0.15, 0.2) is 0 Å². The van der Waals surface area contributed by atoms with Crippen LogP contribution in [0.25, 0.3) is 0 Å². The zero-order valence-electron chi connectivity index (χ0n) is 10.1. The second kappa shape index (κ2) is 5.39. The molecule has 1 aliphatic carbocycles. The van der Waals surface area contributed by atoms with Gasteiger partial charge in [-0.25, -0.2) is 4.79 Å². The minimum atomic E-state index is -1.15. The molecule has 1 aromatic carbocycles. The quantitative estimate of drug-likeness (QED) is 0.901. The Balaban J connectivity index is 2.20. The highest BCUT2D eigenvalue weighted by Gasteiger charge is 2.42. The van der Waals surface area contributed by atoms with E-state index in [1.54, 1.807) is 0 Å². The van der Waals surface area contributed by atoms with Crippen LogP contribution in [0.5, 0.6) is 0 Å². The minimum absolute atomic E-state index is 0.269. The van der Waals surface area contributed by atoms with Crippen LogP contribution in [0.4, 0.5) is 0 Å². The third-order valence-electron chi connectivity index (χ3n) is 3.40. The van der Waals surface area contributed by atoms with Gasteiger partial charge in [0, 0.05) is 5.56 Å². The van der Waals surface area contributed by atoms with Crippen molar-refractivity contribution in [3.05, 3.63) is 33.8 Å². The Hall–Kier alpha value is -1.26. The molecule has 0 aliphatic heterocycles. The lowest BCUT2D eigenvalue weighted by Gasteiger charge is -2.25. The molecular weight excluding hydrogens is 289 g/mol. The second-order valence-electron chi connectivity index (χ2n) is 4.68. The maximum absolute atomic E-state index is 12.1. The van der Waals surface area contributed by atoms with Gasteiger partial charge >= 0.3 is 5.97 Å². The van der Waals surface area contributed by atoms with Crippen molar-refractivity contribution in [2.45, 2.75) is 31.2 Å². The average molecular weight is 302 g/mol. The molecule has 19 heavy (non-hydrogen) atoms. The molecule has 0 unspecified atom stereocenters. The number of nitrogens with one attached hydrogen (secondary N) is 1. The molecule has 0 saturated heterocycles. The van der Waals surface area contributed by atoms with Crippen LogP contribution in [0.15, 0.2) is 18.2 Å². The summed E-state index contributed by atoms with van der Waals surface area (Å²) in [5, 5.41) is 12.5. The third-order valence-corrected chi connectivity index (χ3v) is 4.14. The van der Waals surface area contributed by atoms with E-state index in [0.717, 1.165) is 12.8 Å². The van der Waals surface area contributed by atoms with Gasteiger partial charge in [0.05, 0.1) is 10.0 Å². The second-order valence-corrected chi connectivity index (χ2v) is 5.49. The summed E-state index contributed by atoms with van der Waals surface area (Å²) >= 11 is 11.6. The summed E-state index contributed by atoms with van der Waals surface area (Å²) in [5.41, 5.74) is -0.842. The molecule has 4 nitrogen and oxygen atoms in total. The molecule has 1 aliphatic rings. The molecule has 1 aromatic rings. The Morgan fingerprint density at radius 2 is 1.79 bits per heavy atom. The van der Waals surface area contributed by atoms with Crippen molar-refractivity contribution < 1.29 is 14.7 Å². The maximum atomic E-state index is 12.1. The molecule has 0 spiro atoms. The molecule has 0 heterocycles. The summed E-state index contributed by atoms with van der Waals surface area (Å²) in [5.74, 6) is -1.43. The van der Waals surface area contributed by atoms with Crippen molar-refractivity contribution in [2.75, 3.05) is 0 Å². The lowest BCUT2D eigenvalue weighted by molar-refractivity contribution is -0.144. The van der Waals surface area contributed by atoms with Crippen LogP contribution in [0.2, 0.25) is 10.0 Å². The van der Waals surface area contributed by atoms with Crippen LogP contribution in [0.1, 0.15) is 36.0 Å². The van der Waals surface area contributed by atoms with Crippen LogP contribution in [-0.2, 0) is 4.79 Å². The van der Waals surface area contributed by atoms with E-state index < -0.39 is 17.4 Å². The number of hydrogen-bond acceptors (Lipinski definition) is 2. The first-order valence-electron chi connectivity index (χ1n) is 5.95. The number of carboxylic acids is 1. The van der Waals surface area contributed by atoms with E-state index >= 15 is 0 Å². The monoisotopic (exact) mass is 301 g/mol. The smallest absolute Gasteiger partial charge is 0.329 e. The van der Waals surface area contributed by atoms with Crippen molar-refractivity contribution in [3.63, 3.8) is 0 Å². The van der Waals surface area contributed by atoms with Crippen molar-refractivity contribution in [1.82, 2.24) is 5.32 Å². The number of carbonyl (C=O) groups excluding carboxylic acids is 1. The Morgan fingerprint density at radius 1 is 1.16 bits per heavy atom. The summed E-state index contributed by atoms with van der Waals surface area (Å²) < 4.78 is 0. The SMILES string of the molecule is O=C(NC1(C(=O)O)CCCC1)c1ccc(Cl)c(Cl)c1. The van der Waals surface area contributed by atoms with Crippen molar-refractivity contribution in [3.8, 4) is 0 Å². The summed E-state index contributed by atoms with van der Waals surface area (Å²) in [6.07, 6.45) is 2.51. The molecule has 0 radical (unpaired) electrons. The molecule has 102 valence electrons. The summed E-state index contributed by atoms with van der Waals surface area (Å²) in [4.78, 5) is 23.4. The Labute approximate surface area is 120 Å². The fourth-order valence-electron chi connectivity index (χ4n) is 2.30. The summed E-state index contributed by atoms with van der Waals surface area (Å²) in [7, 11) is 0. The molecular formula is C13H13Cl2NO3. The standard InChI is InChI=1S/C13H13Cl2NO3/c14-9-4-3-8(7-10(9)15)11(17)16-13(12(18)19)5-1-2-6-13/h3-4,7H,1-2,5-6H2,(H,16,17)(H,18,19). The summed E-state index contributed by atoms with van der Waals surface area (Å²) in [6, 6.07) is 4.47. The first-order valence-corrected chi connectivity index (χ1v) is 6.71. The number of aliphatic carboxylic acids is 1. The number of benzene rings is 1. The Morgan fingerprint density at radius 3 is 2.32 bits per heavy atom. The van der Waals surface area contributed by atoms with Gasteiger partial charge in [0.2, 0.25) is 0 Å². The first-order chi connectivity index (χ1) is 8.94. The molecule has 0 bridgehead atoms. The molecule has 2 N–H and O–H groups in total. The first kappa shape index (κ1) is 14.2. The molecule has 1 fully saturated rings. The number of carbonyl (C=O) groups is 2. The topological polar surface area (TPSA) is 66.4 Å². The van der Waals surface area contributed by atoms with E-state index in [2.05, 4.69) is 5.32 Å². The van der Waals surface area contributed by atoms with Gasteiger partial charge in [-0.3, -0.25) is 4.79 Å². The molecule has 1 saturated carbocycles. The van der Waals surface area contributed by atoms with E-state index in [1.165, 1.54) is 18.2 Å². The minimum Gasteiger partial charge on any atom is -0.480 e. The van der Waals surface area contributed by atoms with Crippen LogP contribution >= 0.6 is 23.2 Å². The fourth-order valence-corrected chi connectivity index (χ4v) is 2.60. The van der Waals surface area contributed by atoms with E-state index in [-0.39, 0.29) is 5.02 Å².